The third-order valence-corrected chi connectivity index (χ3v) is 5.18. The van der Waals surface area contributed by atoms with E-state index >= 15 is 0 Å². The summed E-state index contributed by atoms with van der Waals surface area (Å²) in [4.78, 5) is 11.9. The Morgan fingerprint density at radius 3 is 2.84 bits per heavy atom. The van der Waals surface area contributed by atoms with Crippen LogP contribution in [0.25, 0.3) is 0 Å². The first kappa shape index (κ1) is 13.0. The lowest BCUT2D eigenvalue weighted by Crippen LogP contribution is -2.63. The Kier molecular flexibility index (Phi) is 2.59. The molecule has 0 aromatic rings. The van der Waals surface area contributed by atoms with Gasteiger partial charge in [0.25, 0.3) is 0 Å². The van der Waals surface area contributed by atoms with Crippen molar-refractivity contribution in [3.63, 3.8) is 0 Å². The fourth-order valence-corrected chi connectivity index (χ4v) is 3.97. The Morgan fingerprint density at radius 2 is 2.16 bits per heavy atom. The van der Waals surface area contributed by atoms with Crippen molar-refractivity contribution in [1.29, 1.82) is 0 Å². The van der Waals surface area contributed by atoms with Gasteiger partial charge < -0.3 is 14.9 Å². The van der Waals surface area contributed by atoms with Crippen LogP contribution in [0, 0.1) is 17.8 Å². The van der Waals surface area contributed by atoms with E-state index in [1.165, 1.54) is 0 Å². The van der Waals surface area contributed by atoms with Gasteiger partial charge >= 0.3 is 0 Å². The molecule has 104 valence electrons. The smallest absolute Gasteiger partial charge is 0.200 e. The van der Waals surface area contributed by atoms with Crippen molar-refractivity contribution in [2.45, 2.75) is 38.1 Å². The van der Waals surface area contributed by atoms with Gasteiger partial charge in [0.05, 0.1) is 6.61 Å². The molecule has 0 bridgehead atoms. The number of aliphatic hydroxyl groups is 2. The van der Waals surface area contributed by atoms with Gasteiger partial charge in [-0.3, -0.25) is 4.79 Å². The predicted molar refractivity (Wildman–Crippen MR) is 69.1 cm³/mol. The highest BCUT2D eigenvalue weighted by atomic mass is 16.6. The average molecular weight is 264 g/mol. The highest BCUT2D eigenvalue weighted by Crippen LogP contribution is 2.56. The number of ether oxygens (including phenoxy) is 1. The lowest BCUT2D eigenvalue weighted by molar-refractivity contribution is -0.293. The van der Waals surface area contributed by atoms with Gasteiger partial charge in [-0.15, -0.1) is 0 Å². The topological polar surface area (TPSA) is 66.8 Å². The van der Waals surface area contributed by atoms with Gasteiger partial charge in [0.15, 0.2) is 11.6 Å². The van der Waals surface area contributed by atoms with Crippen LogP contribution in [-0.2, 0) is 9.53 Å². The molecule has 0 unspecified atom stereocenters. The molecule has 4 heteroatoms. The zero-order valence-corrected chi connectivity index (χ0v) is 11.3. The molecule has 0 spiro atoms. The van der Waals surface area contributed by atoms with Crippen LogP contribution in [0.2, 0.25) is 0 Å². The Bertz CT molecular complexity index is 494. The van der Waals surface area contributed by atoms with Gasteiger partial charge in [-0.25, -0.2) is 0 Å². The molecule has 1 aliphatic heterocycles. The molecular weight excluding hydrogens is 244 g/mol. The second-order valence-corrected chi connectivity index (χ2v) is 6.29. The van der Waals surface area contributed by atoms with Crippen molar-refractivity contribution in [2.75, 3.05) is 6.61 Å². The van der Waals surface area contributed by atoms with Crippen LogP contribution in [-0.4, -0.2) is 34.0 Å². The fourth-order valence-electron chi connectivity index (χ4n) is 3.97. The summed E-state index contributed by atoms with van der Waals surface area (Å²) in [5.74, 6) is -1.57. The summed E-state index contributed by atoms with van der Waals surface area (Å²) in [6, 6.07) is 0. The molecular formula is C15H20O4. The summed E-state index contributed by atoms with van der Waals surface area (Å²) in [6.45, 7) is 7.80. The van der Waals surface area contributed by atoms with Crippen molar-refractivity contribution in [3.8, 4) is 0 Å². The molecule has 0 aromatic carbocycles. The van der Waals surface area contributed by atoms with Crippen LogP contribution in [0.15, 0.2) is 23.8 Å². The lowest BCUT2D eigenvalue weighted by atomic mass is 9.57. The third-order valence-electron chi connectivity index (χ3n) is 5.18. The summed E-state index contributed by atoms with van der Waals surface area (Å²) >= 11 is 0. The molecule has 0 aromatic heterocycles. The van der Waals surface area contributed by atoms with E-state index in [-0.39, 0.29) is 30.1 Å². The molecule has 1 heterocycles. The minimum absolute atomic E-state index is 0.0416. The monoisotopic (exact) mass is 264 g/mol. The highest BCUT2D eigenvalue weighted by molar-refractivity contribution is 5.96. The fraction of sp³-hybridized carbons (Fsp3) is 0.667. The molecule has 0 radical (unpaired) electrons. The first-order valence-corrected chi connectivity index (χ1v) is 6.78. The van der Waals surface area contributed by atoms with E-state index in [4.69, 9.17) is 4.74 Å². The van der Waals surface area contributed by atoms with E-state index < -0.39 is 11.4 Å². The van der Waals surface area contributed by atoms with Gasteiger partial charge in [0.2, 0.25) is 0 Å². The largest absolute Gasteiger partial charge is 0.379 e. The second kappa shape index (κ2) is 3.78. The third kappa shape index (κ3) is 1.48. The Morgan fingerprint density at radius 1 is 1.47 bits per heavy atom. The zero-order valence-electron chi connectivity index (χ0n) is 11.3. The maximum atomic E-state index is 11.9. The van der Waals surface area contributed by atoms with E-state index in [2.05, 4.69) is 6.58 Å². The molecule has 2 aliphatic carbocycles. The first-order valence-electron chi connectivity index (χ1n) is 6.78. The molecule has 3 aliphatic rings. The molecule has 1 saturated carbocycles. The van der Waals surface area contributed by atoms with Gasteiger partial charge in [-0.05, 0) is 29.9 Å². The summed E-state index contributed by atoms with van der Waals surface area (Å²) in [7, 11) is 0. The molecule has 3 rings (SSSR count). The lowest BCUT2D eigenvalue weighted by Gasteiger charge is -2.52. The molecule has 4 nitrogen and oxygen atoms in total. The van der Waals surface area contributed by atoms with Gasteiger partial charge in [-0.2, -0.15) is 0 Å². The molecule has 0 amide bonds. The maximum absolute atomic E-state index is 11.9. The SMILES string of the molecule is C=C1CO[C@@]2(O)C[C@@H](C)[C@@H]3CC(=O)C(C)=C[C@H]3[C@@]12O. The van der Waals surface area contributed by atoms with E-state index in [0.717, 1.165) is 0 Å². The number of hydrogen-bond donors (Lipinski definition) is 2. The van der Waals surface area contributed by atoms with Crippen LogP contribution in [0.4, 0.5) is 0 Å². The molecule has 2 N–H and O–H groups in total. The predicted octanol–water partition coefficient (Wildman–Crippen LogP) is 1.18. The number of fused-ring (bicyclic) bond motifs is 3. The standard InChI is InChI=1S/C15H20O4/c1-8-4-12-11(5-13(8)16)9(2)6-14(17)15(12,18)10(3)7-19-14/h4,9,11-12,17-18H,3,5-7H2,1-2H3/t9-,11+,12-,14+,15+/m1/s1. The van der Waals surface area contributed by atoms with Crippen molar-refractivity contribution in [1.82, 2.24) is 0 Å². The molecule has 5 atom stereocenters. The van der Waals surface area contributed by atoms with Gasteiger partial charge in [-0.1, -0.05) is 19.6 Å². The van der Waals surface area contributed by atoms with Crippen LogP contribution in [0.5, 0.6) is 0 Å². The highest BCUT2D eigenvalue weighted by Gasteiger charge is 2.66. The summed E-state index contributed by atoms with van der Waals surface area (Å²) in [6.07, 6.45) is 2.57. The minimum atomic E-state index is -1.57. The number of hydrogen-bond acceptors (Lipinski definition) is 4. The number of carbonyl (C=O) groups is 1. The van der Waals surface area contributed by atoms with E-state index in [9.17, 15) is 15.0 Å². The Labute approximate surface area is 112 Å². The summed E-state index contributed by atoms with van der Waals surface area (Å²) in [5.41, 5.74) is -0.298. The maximum Gasteiger partial charge on any atom is 0.200 e. The van der Waals surface area contributed by atoms with Crippen molar-refractivity contribution >= 4 is 5.78 Å². The van der Waals surface area contributed by atoms with Crippen LogP contribution >= 0.6 is 0 Å². The number of carbonyl (C=O) groups excluding carboxylic acids is 1. The summed E-state index contributed by atoms with van der Waals surface area (Å²) < 4.78 is 5.43. The zero-order chi connectivity index (χ0) is 14.0. The number of ketones is 1. The van der Waals surface area contributed by atoms with Crippen molar-refractivity contribution in [2.24, 2.45) is 17.8 Å². The Hall–Kier alpha value is -0.970. The summed E-state index contributed by atoms with van der Waals surface area (Å²) in [5, 5.41) is 21.7. The second-order valence-electron chi connectivity index (χ2n) is 6.29. The van der Waals surface area contributed by atoms with Gasteiger partial charge in [0.1, 0.15) is 5.60 Å². The van der Waals surface area contributed by atoms with Crippen LogP contribution in [0.1, 0.15) is 26.7 Å². The normalized spacial score (nSPS) is 49.7. The van der Waals surface area contributed by atoms with Crippen molar-refractivity contribution in [3.05, 3.63) is 23.8 Å². The van der Waals surface area contributed by atoms with Gasteiger partial charge in [0, 0.05) is 18.8 Å². The molecule has 1 saturated heterocycles. The van der Waals surface area contributed by atoms with Crippen molar-refractivity contribution < 1.29 is 19.7 Å². The number of rotatable bonds is 0. The van der Waals surface area contributed by atoms with Crippen LogP contribution in [0.3, 0.4) is 0 Å². The first-order chi connectivity index (χ1) is 8.79. The van der Waals surface area contributed by atoms with E-state index in [1.54, 1.807) is 13.0 Å². The number of allylic oxidation sites excluding steroid dienone is 1. The Balaban J connectivity index is 2.13. The van der Waals surface area contributed by atoms with Crippen LogP contribution < -0.4 is 0 Å². The molecule has 19 heavy (non-hydrogen) atoms. The minimum Gasteiger partial charge on any atom is -0.379 e. The van der Waals surface area contributed by atoms with E-state index in [1.807, 2.05) is 6.92 Å². The number of Topliss-reactive ketones (excluding diaryl/α,β-unsaturated/α-hetero) is 1. The quantitative estimate of drug-likeness (QED) is 0.645. The van der Waals surface area contributed by atoms with E-state index in [0.29, 0.717) is 24.0 Å². The molecule has 2 fully saturated rings. The average Bonchev–Trinajstić information content (AvgIpc) is 2.57.